The van der Waals surface area contributed by atoms with E-state index in [1.807, 2.05) is 25.1 Å². The predicted octanol–water partition coefficient (Wildman–Crippen LogP) is 4.79. The van der Waals surface area contributed by atoms with Crippen molar-refractivity contribution in [3.05, 3.63) is 74.5 Å². The molecule has 0 radical (unpaired) electrons. The van der Waals surface area contributed by atoms with Crippen molar-refractivity contribution in [3.8, 4) is 0 Å². The Morgan fingerprint density at radius 1 is 1.26 bits per heavy atom. The molecule has 0 aliphatic carbocycles. The Bertz CT molecular complexity index is 929. The normalized spacial score (nSPS) is 10.9. The summed E-state index contributed by atoms with van der Waals surface area (Å²) in [5.41, 5.74) is 1.16. The summed E-state index contributed by atoms with van der Waals surface area (Å²) >= 11 is 6.08. The van der Waals surface area contributed by atoms with E-state index in [0.29, 0.717) is 28.7 Å². The highest BCUT2D eigenvalue weighted by molar-refractivity contribution is 6.35. The summed E-state index contributed by atoms with van der Waals surface area (Å²) in [5.74, 6) is 0.275. The standard InChI is InChI=1S/C17H12ClNO4/c1-2-14-16(12-5-3-4-6-15(12)23-14)17(20)11-8-7-10(19(21)22)9-13(11)18/h3-9H,2H2,1H3. The molecule has 0 fully saturated rings. The van der Waals surface area contributed by atoms with E-state index in [4.69, 9.17) is 16.0 Å². The number of carbonyl (C=O) groups is 1. The number of rotatable bonds is 4. The molecular weight excluding hydrogens is 318 g/mol. The van der Waals surface area contributed by atoms with Crippen molar-refractivity contribution in [3.63, 3.8) is 0 Å². The number of ketones is 1. The number of furan rings is 1. The van der Waals surface area contributed by atoms with E-state index >= 15 is 0 Å². The Morgan fingerprint density at radius 2 is 2.00 bits per heavy atom. The first-order valence-corrected chi connectivity index (χ1v) is 7.39. The molecule has 0 saturated carbocycles. The third-order valence-electron chi connectivity index (χ3n) is 3.62. The maximum absolute atomic E-state index is 12.9. The van der Waals surface area contributed by atoms with Crippen molar-refractivity contribution >= 4 is 34.0 Å². The number of non-ortho nitro benzene ring substituents is 1. The lowest BCUT2D eigenvalue weighted by Crippen LogP contribution is -2.04. The average molecular weight is 330 g/mol. The van der Waals surface area contributed by atoms with Crippen LogP contribution in [0.5, 0.6) is 0 Å². The fourth-order valence-corrected chi connectivity index (χ4v) is 2.79. The van der Waals surface area contributed by atoms with Gasteiger partial charge in [0.05, 0.1) is 15.5 Å². The summed E-state index contributed by atoms with van der Waals surface area (Å²) in [7, 11) is 0. The number of benzene rings is 2. The number of nitrogens with zero attached hydrogens (tertiary/aromatic N) is 1. The summed E-state index contributed by atoms with van der Waals surface area (Å²) in [4.78, 5) is 23.1. The van der Waals surface area contributed by atoms with Crippen LogP contribution in [0.15, 0.2) is 46.9 Å². The molecule has 23 heavy (non-hydrogen) atoms. The maximum atomic E-state index is 12.9. The lowest BCUT2D eigenvalue weighted by atomic mass is 9.99. The smallest absolute Gasteiger partial charge is 0.270 e. The molecule has 0 unspecified atom stereocenters. The topological polar surface area (TPSA) is 73.3 Å². The minimum Gasteiger partial charge on any atom is -0.460 e. The van der Waals surface area contributed by atoms with Crippen LogP contribution in [0.25, 0.3) is 11.0 Å². The van der Waals surface area contributed by atoms with Crippen molar-refractivity contribution in [1.82, 2.24) is 0 Å². The largest absolute Gasteiger partial charge is 0.460 e. The summed E-state index contributed by atoms with van der Waals surface area (Å²) in [5, 5.41) is 11.5. The Kier molecular flexibility index (Phi) is 3.88. The van der Waals surface area contributed by atoms with Gasteiger partial charge in [0.2, 0.25) is 0 Å². The highest BCUT2D eigenvalue weighted by atomic mass is 35.5. The van der Waals surface area contributed by atoms with Crippen molar-refractivity contribution in [1.29, 1.82) is 0 Å². The SMILES string of the molecule is CCc1oc2ccccc2c1C(=O)c1ccc([N+](=O)[O-])cc1Cl. The zero-order valence-electron chi connectivity index (χ0n) is 12.2. The molecule has 0 N–H and O–H groups in total. The number of para-hydroxylation sites is 1. The molecule has 3 rings (SSSR count). The minimum atomic E-state index is -0.551. The molecule has 0 atom stereocenters. The molecule has 0 spiro atoms. The fraction of sp³-hybridized carbons (Fsp3) is 0.118. The van der Waals surface area contributed by atoms with Crippen molar-refractivity contribution in [2.24, 2.45) is 0 Å². The molecule has 0 aliphatic heterocycles. The first-order chi connectivity index (χ1) is 11.0. The molecule has 0 bridgehead atoms. The molecule has 0 saturated heterocycles. The monoisotopic (exact) mass is 329 g/mol. The average Bonchev–Trinajstić information content (AvgIpc) is 2.92. The van der Waals surface area contributed by atoms with Crippen molar-refractivity contribution in [2.45, 2.75) is 13.3 Å². The van der Waals surface area contributed by atoms with E-state index in [1.165, 1.54) is 18.2 Å². The maximum Gasteiger partial charge on any atom is 0.270 e. The third kappa shape index (κ3) is 2.59. The number of hydrogen-bond donors (Lipinski definition) is 0. The Balaban J connectivity index is 2.16. The number of aryl methyl sites for hydroxylation is 1. The van der Waals surface area contributed by atoms with Gasteiger partial charge in [-0.05, 0) is 12.1 Å². The molecule has 6 heteroatoms. The summed E-state index contributed by atoms with van der Waals surface area (Å²) in [6.45, 7) is 1.89. The van der Waals surface area contributed by atoms with E-state index in [9.17, 15) is 14.9 Å². The quantitative estimate of drug-likeness (QED) is 0.392. The van der Waals surface area contributed by atoms with E-state index in [-0.39, 0.29) is 22.1 Å². The van der Waals surface area contributed by atoms with E-state index in [2.05, 4.69) is 0 Å². The second-order valence-corrected chi connectivity index (χ2v) is 5.41. The van der Waals surface area contributed by atoms with Crippen LogP contribution in [0.1, 0.15) is 28.6 Å². The molecule has 0 aliphatic rings. The van der Waals surface area contributed by atoms with Gasteiger partial charge in [0, 0.05) is 29.5 Å². The van der Waals surface area contributed by atoms with E-state index in [0.717, 1.165) is 0 Å². The Hall–Kier alpha value is -2.66. The summed E-state index contributed by atoms with van der Waals surface area (Å²) < 4.78 is 5.72. The molecule has 1 heterocycles. The van der Waals surface area contributed by atoms with Gasteiger partial charge in [-0.3, -0.25) is 14.9 Å². The van der Waals surface area contributed by atoms with Gasteiger partial charge < -0.3 is 4.42 Å². The van der Waals surface area contributed by atoms with Crippen LogP contribution in [0.3, 0.4) is 0 Å². The molecule has 3 aromatic rings. The van der Waals surface area contributed by atoms with Gasteiger partial charge in [-0.1, -0.05) is 36.7 Å². The van der Waals surface area contributed by atoms with Crippen LogP contribution >= 0.6 is 11.6 Å². The second-order valence-electron chi connectivity index (χ2n) is 5.00. The van der Waals surface area contributed by atoms with Crippen molar-refractivity contribution in [2.75, 3.05) is 0 Å². The molecule has 116 valence electrons. The second kappa shape index (κ2) is 5.85. The van der Waals surface area contributed by atoms with Crippen LogP contribution in [-0.2, 0) is 6.42 Å². The Labute approximate surface area is 136 Å². The Morgan fingerprint density at radius 3 is 2.65 bits per heavy atom. The highest BCUT2D eigenvalue weighted by Crippen LogP contribution is 2.31. The van der Waals surface area contributed by atoms with E-state index in [1.54, 1.807) is 6.07 Å². The van der Waals surface area contributed by atoms with Gasteiger partial charge in [0.25, 0.3) is 5.69 Å². The zero-order chi connectivity index (χ0) is 16.6. The lowest BCUT2D eigenvalue weighted by molar-refractivity contribution is -0.384. The first-order valence-electron chi connectivity index (χ1n) is 7.02. The molecule has 5 nitrogen and oxygen atoms in total. The number of nitro groups is 1. The number of nitro benzene ring substituents is 1. The lowest BCUT2D eigenvalue weighted by Gasteiger charge is -2.04. The zero-order valence-corrected chi connectivity index (χ0v) is 13.0. The molecule has 0 amide bonds. The highest BCUT2D eigenvalue weighted by Gasteiger charge is 2.23. The number of fused-ring (bicyclic) bond motifs is 1. The summed E-state index contributed by atoms with van der Waals surface area (Å²) in [6, 6.07) is 11.1. The number of halogens is 1. The van der Waals surface area contributed by atoms with E-state index < -0.39 is 4.92 Å². The predicted molar refractivity (Wildman–Crippen MR) is 87.1 cm³/mol. The van der Waals surface area contributed by atoms with Crippen LogP contribution in [0.4, 0.5) is 5.69 Å². The minimum absolute atomic E-state index is 0.0523. The number of hydrogen-bond acceptors (Lipinski definition) is 4. The van der Waals surface area contributed by atoms with Crippen LogP contribution in [-0.4, -0.2) is 10.7 Å². The van der Waals surface area contributed by atoms with Gasteiger partial charge in [0.1, 0.15) is 11.3 Å². The van der Waals surface area contributed by atoms with Gasteiger partial charge in [-0.15, -0.1) is 0 Å². The number of carbonyl (C=O) groups excluding carboxylic acids is 1. The van der Waals surface area contributed by atoms with Crippen LogP contribution in [0, 0.1) is 10.1 Å². The molecular formula is C17H12ClNO4. The van der Waals surface area contributed by atoms with Gasteiger partial charge in [-0.2, -0.15) is 0 Å². The van der Waals surface area contributed by atoms with Crippen LogP contribution < -0.4 is 0 Å². The van der Waals surface area contributed by atoms with Gasteiger partial charge in [-0.25, -0.2) is 0 Å². The molecule has 1 aromatic heterocycles. The van der Waals surface area contributed by atoms with Gasteiger partial charge in [0.15, 0.2) is 5.78 Å². The summed E-state index contributed by atoms with van der Waals surface area (Å²) in [6.07, 6.45) is 0.556. The fourth-order valence-electron chi connectivity index (χ4n) is 2.53. The third-order valence-corrected chi connectivity index (χ3v) is 3.94. The van der Waals surface area contributed by atoms with Crippen molar-refractivity contribution < 1.29 is 14.1 Å². The first kappa shape index (κ1) is 15.2. The van der Waals surface area contributed by atoms with Crippen LogP contribution in [0.2, 0.25) is 5.02 Å². The molecule has 2 aromatic carbocycles. The van der Waals surface area contributed by atoms with Gasteiger partial charge >= 0.3 is 0 Å².